The first-order valence-corrected chi connectivity index (χ1v) is 5.26. The summed E-state index contributed by atoms with van der Waals surface area (Å²) >= 11 is 0. The Balaban J connectivity index is 2.98. The number of carbonyl (C=O) groups is 1. The second kappa shape index (κ2) is 5.39. The molecule has 100 valence electrons. The van der Waals surface area contributed by atoms with Gasteiger partial charge in [0.15, 0.2) is 0 Å². The highest BCUT2D eigenvalue weighted by molar-refractivity contribution is 5.75. The van der Waals surface area contributed by atoms with Crippen LogP contribution in [0.25, 0.3) is 0 Å². The molecule has 1 rings (SSSR count). The third-order valence-corrected chi connectivity index (χ3v) is 2.62. The zero-order valence-corrected chi connectivity index (χ0v) is 10.0. The molecule has 1 aromatic carbocycles. The molecule has 2 N–H and O–H groups in total. The highest BCUT2D eigenvalue weighted by atomic mass is 19.4. The van der Waals surface area contributed by atoms with Crippen LogP contribution in [0.4, 0.5) is 13.2 Å². The summed E-state index contributed by atoms with van der Waals surface area (Å²) in [5.74, 6) is -0.646. The Morgan fingerprint density at radius 1 is 1.44 bits per heavy atom. The number of rotatable bonds is 3. The number of benzene rings is 1. The number of esters is 1. The van der Waals surface area contributed by atoms with Gasteiger partial charge in [0, 0.05) is 0 Å². The van der Waals surface area contributed by atoms with Crippen LogP contribution in [0.5, 0.6) is 0 Å². The Hall–Kier alpha value is -1.56. The Morgan fingerprint density at radius 2 is 2.06 bits per heavy atom. The Labute approximate surface area is 103 Å². The van der Waals surface area contributed by atoms with Crippen LogP contribution in [-0.2, 0) is 22.1 Å². The maximum absolute atomic E-state index is 12.5. The third kappa shape index (κ3) is 3.46. The van der Waals surface area contributed by atoms with Crippen molar-refractivity contribution in [3.8, 4) is 0 Å². The van der Waals surface area contributed by atoms with Crippen LogP contribution in [0.2, 0.25) is 0 Å². The minimum atomic E-state index is -4.40. The lowest BCUT2D eigenvalue weighted by molar-refractivity contribution is -0.142. The summed E-state index contributed by atoms with van der Waals surface area (Å²) in [5.41, 5.74) is 5.83. The van der Waals surface area contributed by atoms with E-state index in [4.69, 9.17) is 5.73 Å². The fraction of sp³-hybridized carbons (Fsp3) is 0.417. The van der Waals surface area contributed by atoms with Crippen LogP contribution in [0, 0.1) is 6.92 Å². The maximum atomic E-state index is 12.5. The monoisotopic (exact) mass is 261 g/mol. The molecule has 1 unspecified atom stereocenters. The molecule has 0 fully saturated rings. The summed E-state index contributed by atoms with van der Waals surface area (Å²) in [4.78, 5) is 11.1. The Bertz CT molecular complexity index is 443. The van der Waals surface area contributed by atoms with Crippen molar-refractivity contribution < 1.29 is 22.7 Å². The van der Waals surface area contributed by atoms with Gasteiger partial charge in [-0.25, -0.2) is 0 Å². The number of halogens is 3. The third-order valence-electron chi connectivity index (χ3n) is 2.62. The molecular formula is C12H14F3NO2. The molecule has 0 aromatic heterocycles. The number of ether oxygens (including phenoxy) is 1. The maximum Gasteiger partial charge on any atom is 0.416 e. The number of hydrogen-bond donors (Lipinski definition) is 1. The number of nitrogens with two attached hydrogens (primary N) is 1. The zero-order valence-electron chi connectivity index (χ0n) is 10.0. The lowest BCUT2D eigenvalue weighted by Gasteiger charge is -2.14. The number of hydrogen-bond acceptors (Lipinski definition) is 3. The molecule has 1 atom stereocenters. The summed E-state index contributed by atoms with van der Waals surface area (Å²) in [5, 5.41) is 0. The molecule has 3 nitrogen and oxygen atoms in total. The van der Waals surface area contributed by atoms with Crippen molar-refractivity contribution in [1.82, 2.24) is 0 Å². The quantitative estimate of drug-likeness (QED) is 0.847. The van der Waals surface area contributed by atoms with Crippen LogP contribution < -0.4 is 5.73 Å². The van der Waals surface area contributed by atoms with Crippen molar-refractivity contribution >= 4 is 5.97 Å². The lowest BCUT2D eigenvalue weighted by atomic mass is 9.99. The molecule has 1 aromatic rings. The molecule has 0 heterocycles. The van der Waals surface area contributed by atoms with E-state index in [1.165, 1.54) is 13.2 Å². The summed E-state index contributed by atoms with van der Waals surface area (Å²) in [7, 11) is 1.18. The van der Waals surface area contributed by atoms with Gasteiger partial charge >= 0.3 is 12.1 Å². The van der Waals surface area contributed by atoms with E-state index in [1.807, 2.05) is 0 Å². The van der Waals surface area contributed by atoms with Crippen LogP contribution in [0.3, 0.4) is 0 Å². The first kappa shape index (κ1) is 14.5. The van der Waals surface area contributed by atoms with Crippen molar-refractivity contribution in [1.29, 1.82) is 0 Å². The molecule has 0 bridgehead atoms. The first-order chi connectivity index (χ1) is 8.25. The summed E-state index contributed by atoms with van der Waals surface area (Å²) in [6.45, 7) is 1.67. The first-order valence-electron chi connectivity index (χ1n) is 5.26. The van der Waals surface area contributed by atoms with Crippen LogP contribution >= 0.6 is 0 Å². The van der Waals surface area contributed by atoms with Crippen LogP contribution in [0.1, 0.15) is 16.7 Å². The Kier molecular flexibility index (Phi) is 4.34. The predicted octanol–water partition coefficient (Wildman–Crippen LogP) is 2.06. The van der Waals surface area contributed by atoms with Crippen LogP contribution in [0.15, 0.2) is 18.2 Å². The molecular weight excluding hydrogens is 247 g/mol. The molecule has 18 heavy (non-hydrogen) atoms. The molecule has 0 aliphatic carbocycles. The summed E-state index contributed by atoms with van der Waals surface area (Å²) in [6, 6.07) is 2.42. The van der Waals surface area contributed by atoms with Gasteiger partial charge in [-0.1, -0.05) is 6.07 Å². The van der Waals surface area contributed by atoms with Crippen LogP contribution in [-0.4, -0.2) is 19.1 Å². The van der Waals surface area contributed by atoms with Gasteiger partial charge in [-0.2, -0.15) is 13.2 Å². The molecule has 0 spiro atoms. The van der Waals surface area contributed by atoms with Gasteiger partial charge < -0.3 is 10.5 Å². The van der Waals surface area contributed by atoms with Gasteiger partial charge in [-0.05, 0) is 36.6 Å². The average molecular weight is 261 g/mol. The number of methoxy groups -OCH3 is 1. The Morgan fingerprint density at radius 3 is 2.56 bits per heavy atom. The van der Waals surface area contributed by atoms with E-state index < -0.39 is 23.8 Å². The van der Waals surface area contributed by atoms with E-state index in [0.717, 1.165) is 12.1 Å². The fourth-order valence-corrected chi connectivity index (χ4v) is 1.54. The van der Waals surface area contributed by atoms with Crippen molar-refractivity contribution in [3.05, 3.63) is 34.9 Å². The lowest BCUT2D eigenvalue weighted by Crippen LogP contribution is -2.33. The highest BCUT2D eigenvalue weighted by Gasteiger charge is 2.31. The van der Waals surface area contributed by atoms with Crippen molar-refractivity contribution in [3.63, 3.8) is 0 Å². The zero-order chi connectivity index (χ0) is 13.9. The molecule has 0 aliphatic heterocycles. The normalized spacial score (nSPS) is 13.2. The number of carbonyl (C=O) groups excluding carboxylic acids is 1. The minimum absolute atomic E-state index is 0.0163. The largest absolute Gasteiger partial charge is 0.468 e. The van der Waals surface area contributed by atoms with E-state index in [9.17, 15) is 18.0 Å². The van der Waals surface area contributed by atoms with Gasteiger partial charge in [0.2, 0.25) is 0 Å². The molecule has 0 saturated heterocycles. The highest BCUT2D eigenvalue weighted by Crippen LogP contribution is 2.30. The number of aryl methyl sites for hydroxylation is 1. The van der Waals surface area contributed by atoms with Gasteiger partial charge in [0.1, 0.15) is 6.04 Å². The van der Waals surface area contributed by atoms with Gasteiger partial charge in [0.05, 0.1) is 12.7 Å². The summed E-state index contributed by atoms with van der Waals surface area (Å²) < 4.78 is 42.1. The molecule has 0 radical (unpaired) electrons. The molecule has 0 saturated carbocycles. The topological polar surface area (TPSA) is 52.3 Å². The van der Waals surface area contributed by atoms with E-state index in [2.05, 4.69) is 4.74 Å². The van der Waals surface area contributed by atoms with Gasteiger partial charge in [-0.3, -0.25) is 4.79 Å². The van der Waals surface area contributed by atoms with E-state index in [-0.39, 0.29) is 6.42 Å². The molecule has 6 heteroatoms. The van der Waals surface area contributed by atoms with Crippen molar-refractivity contribution in [2.75, 3.05) is 7.11 Å². The van der Waals surface area contributed by atoms with Crippen molar-refractivity contribution in [2.45, 2.75) is 25.6 Å². The fourth-order valence-electron chi connectivity index (χ4n) is 1.54. The van der Waals surface area contributed by atoms with Gasteiger partial charge in [0.25, 0.3) is 0 Å². The predicted molar refractivity (Wildman–Crippen MR) is 59.9 cm³/mol. The van der Waals surface area contributed by atoms with E-state index in [0.29, 0.717) is 11.1 Å². The van der Waals surface area contributed by atoms with E-state index in [1.54, 1.807) is 6.92 Å². The SMILES string of the molecule is COC(=O)C(N)Cc1cc(C(F)(F)F)ccc1C. The van der Waals surface area contributed by atoms with E-state index >= 15 is 0 Å². The van der Waals surface area contributed by atoms with Gasteiger partial charge in [-0.15, -0.1) is 0 Å². The smallest absolute Gasteiger partial charge is 0.416 e. The van der Waals surface area contributed by atoms with Crippen molar-refractivity contribution in [2.24, 2.45) is 5.73 Å². The number of alkyl halides is 3. The molecule has 0 amide bonds. The standard InChI is InChI=1S/C12H14F3NO2/c1-7-3-4-9(12(13,14)15)5-8(7)6-10(16)11(17)18-2/h3-5,10H,6,16H2,1-2H3. The summed E-state index contributed by atoms with van der Waals surface area (Å²) in [6.07, 6.45) is -4.39. The second-order valence-corrected chi connectivity index (χ2v) is 3.97. The minimum Gasteiger partial charge on any atom is -0.468 e. The second-order valence-electron chi connectivity index (χ2n) is 3.97. The molecule has 0 aliphatic rings. The average Bonchev–Trinajstić information content (AvgIpc) is 2.29.